The molecule has 0 unspecified atom stereocenters. The van der Waals surface area contributed by atoms with Crippen LogP contribution in [0, 0.1) is 5.82 Å². The largest absolute Gasteiger partial charge is 0.465 e. The van der Waals surface area contributed by atoms with Gasteiger partial charge in [0.2, 0.25) is 0 Å². The van der Waals surface area contributed by atoms with E-state index < -0.39 is 11.9 Å². The lowest BCUT2D eigenvalue weighted by Crippen LogP contribution is -2.38. The van der Waals surface area contributed by atoms with Gasteiger partial charge in [-0.15, -0.1) is 0 Å². The van der Waals surface area contributed by atoms with Gasteiger partial charge in [-0.25, -0.2) is 14.2 Å². The molecule has 21 heavy (non-hydrogen) atoms. The average molecular weight is 294 g/mol. The van der Waals surface area contributed by atoms with Crippen molar-refractivity contribution in [3.05, 3.63) is 30.0 Å². The first-order valence-corrected chi connectivity index (χ1v) is 6.45. The second kappa shape index (κ2) is 6.29. The fourth-order valence-electron chi connectivity index (χ4n) is 1.95. The molecular weight excluding hydrogens is 279 g/mol. The Labute approximate surface area is 120 Å². The van der Waals surface area contributed by atoms with Gasteiger partial charge in [0.1, 0.15) is 11.5 Å². The highest BCUT2D eigenvalue weighted by molar-refractivity contribution is 5.65. The molecule has 0 saturated carbocycles. The molecule has 0 aliphatic rings. The molecule has 0 aliphatic carbocycles. The molecule has 0 saturated heterocycles. The lowest BCUT2D eigenvalue weighted by Gasteiger charge is -2.23. The van der Waals surface area contributed by atoms with Gasteiger partial charge >= 0.3 is 6.09 Å². The van der Waals surface area contributed by atoms with Crippen molar-refractivity contribution in [3.63, 3.8) is 0 Å². The van der Waals surface area contributed by atoms with Gasteiger partial charge < -0.3 is 14.5 Å². The third kappa shape index (κ3) is 3.53. The van der Waals surface area contributed by atoms with Gasteiger partial charge in [-0.1, -0.05) is 5.16 Å². The number of amides is 1. The highest BCUT2D eigenvalue weighted by Crippen LogP contribution is 2.15. The third-order valence-corrected chi connectivity index (χ3v) is 3.01. The van der Waals surface area contributed by atoms with Gasteiger partial charge in [-0.2, -0.15) is 4.98 Å². The molecule has 2 aromatic rings. The maximum Gasteiger partial charge on any atom is 0.407 e. The Hall–Kier alpha value is -2.51. The molecule has 0 bridgehead atoms. The number of nitrogens with zero attached hydrogens (tertiary/aromatic N) is 4. The monoisotopic (exact) mass is 294 g/mol. The molecule has 1 amide bonds. The number of hydrogen-bond acceptors (Lipinski definition) is 5. The lowest BCUT2D eigenvalue weighted by atomic mass is 10.2. The van der Waals surface area contributed by atoms with Gasteiger partial charge in [0, 0.05) is 19.0 Å². The molecule has 0 fully saturated rings. The van der Waals surface area contributed by atoms with E-state index >= 15 is 0 Å². The molecule has 0 radical (unpaired) electrons. The zero-order valence-corrected chi connectivity index (χ0v) is 11.7. The van der Waals surface area contributed by atoms with Crippen molar-refractivity contribution >= 4 is 6.09 Å². The molecule has 2 heterocycles. The number of aromatic nitrogens is 3. The first-order valence-electron chi connectivity index (χ1n) is 6.45. The van der Waals surface area contributed by atoms with E-state index in [0.29, 0.717) is 24.5 Å². The van der Waals surface area contributed by atoms with Crippen molar-refractivity contribution in [3.8, 4) is 11.6 Å². The van der Waals surface area contributed by atoms with E-state index in [4.69, 9.17) is 9.63 Å². The van der Waals surface area contributed by atoms with Crippen molar-refractivity contribution in [1.82, 2.24) is 20.0 Å². The van der Waals surface area contributed by atoms with Gasteiger partial charge in [0.05, 0.1) is 6.20 Å². The van der Waals surface area contributed by atoms with Crippen molar-refractivity contribution in [2.75, 3.05) is 6.54 Å². The first kappa shape index (κ1) is 14.9. The Morgan fingerprint density at radius 1 is 1.52 bits per heavy atom. The molecule has 1 N–H and O–H groups in total. The van der Waals surface area contributed by atoms with Crippen LogP contribution in [0.3, 0.4) is 0 Å². The number of halogens is 1. The van der Waals surface area contributed by atoms with Crippen LogP contribution in [-0.2, 0) is 6.42 Å². The summed E-state index contributed by atoms with van der Waals surface area (Å²) in [5, 5.41) is 12.8. The Bertz CT molecular complexity index is 614. The van der Waals surface area contributed by atoms with Crippen molar-refractivity contribution in [1.29, 1.82) is 0 Å². The number of carboxylic acid groups (broad SMARTS) is 1. The zero-order valence-electron chi connectivity index (χ0n) is 11.7. The molecule has 1 atom stereocenters. The topological polar surface area (TPSA) is 92.4 Å². The predicted octanol–water partition coefficient (Wildman–Crippen LogP) is 2.20. The summed E-state index contributed by atoms with van der Waals surface area (Å²) in [6.07, 6.45) is 0.393. The summed E-state index contributed by atoms with van der Waals surface area (Å²) in [6, 6.07) is 2.41. The van der Waals surface area contributed by atoms with E-state index in [1.807, 2.05) is 0 Å². The smallest absolute Gasteiger partial charge is 0.407 e. The Balaban J connectivity index is 2.09. The van der Waals surface area contributed by atoms with Crippen LogP contribution < -0.4 is 0 Å². The van der Waals surface area contributed by atoms with Crippen LogP contribution in [0.25, 0.3) is 11.6 Å². The molecule has 2 aromatic heterocycles. The minimum absolute atomic E-state index is 0.176. The average Bonchev–Trinajstić information content (AvgIpc) is 2.88. The summed E-state index contributed by atoms with van der Waals surface area (Å²) in [6.45, 7) is 3.90. The van der Waals surface area contributed by atoms with E-state index in [2.05, 4.69) is 15.1 Å². The van der Waals surface area contributed by atoms with E-state index in [-0.39, 0.29) is 11.9 Å². The minimum atomic E-state index is -0.992. The Kier molecular flexibility index (Phi) is 4.46. The number of pyridine rings is 1. The number of likely N-dealkylation sites (N-methyl/N-ethyl adjacent to an activating group) is 1. The first-order chi connectivity index (χ1) is 10.0. The minimum Gasteiger partial charge on any atom is -0.465 e. The van der Waals surface area contributed by atoms with Crippen molar-refractivity contribution in [2.45, 2.75) is 26.3 Å². The summed E-state index contributed by atoms with van der Waals surface area (Å²) in [4.78, 5) is 20.3. The van der Waals surface area contributed by atoms with Gasteiger partial charge in [-0.3, -0.25) is 0 Å². The highest BCUT2D eigenvalue weighted by Gasteiger charge is 2.20. The van der Waals surface area contributed by atoms with E-state index in [0.717, 1.165) is 6.20 Å². The van der Waals surface area contributed by atoms with Crippen LogP contribution in [0.15, 0.2) is 22.9 Å². The Morgan fingerprint density at radius 3 is 2.86 bits per heavy atom. The molecular formula is C13H15FN4O3. The molecule has 0 aromatic carbocycles. The van der Waals surface area contributed by atoms with Crippen LogP contribution in [0.2, 0.25) is 0 Å². The van der Waals surface area contributed by atoms with Crippen LogP contribution in [-0.4, -0.2) is 43.8 Å². The molecule has 112 valence electrons. The fraction of sp³-hybridized carbons (Fsp3) is 0.385. The summed E-state index contributed by atoms with van der Waals surface area (Å²) in [5.74, 6) is 0.103. The summed E-state index contributed by atoms with van der Waals surface area (Å²) in [5.41, 5.74) is 0.369. The maximum atomic E-state index is 12.8. The van der Waals surface area contributed by atoms with Crippen LogP contribution >= 0.6 is 0 Å². The number of carbonyl (C=O) groups is 1. The predicted molar refractivity (Wildman–Crippen MR) is 71.1 cm³/mol. The van der Waals surface area contributed by atoms with Crippen LogP contribution in [0.5, 0.6) is 0 Å². The lowest BCUT2D eigenvalue weighted by molar-refractivity contribution is 0.130. The fourth-order valence-corrected chi connectivity index (χ4v) is 1.95. The molecule has 2 rings (SSSR count). The molecule has 7 nitrogen and oxygen atoms in total. The second-order valence-electron chi connectivity index (χ2n) is 4.50. The van der Waals surface area contributed by atoms with Gasteiger partial charge in [-0.05, 0) is 26.0 Å². The number of hydrogen-bond donors (Lipinski definition) is 1. The number of rotatable bonds is 5. The van der Waals surface area contributed by atoms with Crippen LogP contribution in [0.1, 0.15) is 19.7 Å². The summed E-state index contributed by atoms with van der Waals surface area (Å²) < 4.78 is 17.8. The van der Waals surface area contributed by atoms with E-state index in [9.17, 15) is 9.18 Å². The third-order valence-electron chi connectivity index (χ3n) is 3.01. The summed E-state index contributed by atoms with van der Waals surface area (Å²) in [7, 11) is 0. The van der Waals surface area contributed by atoms with Crippen molar-refractivity contribution in [2.24, 2.45) is 0 Å². The molecule has 0 spiro atoms. The normalized spacial score (nSPS) is 12.1. The zero-order chi connectivity index (χ0) is 15.4. The van der Waals surface area contributed by atoms with Crippen LogP contribution in [0.4, 0.5) is 9.18 Å². The van der Waals surface area contributed by atoms with Gasteiger partial charge in [0.25, 0.3) is 5.89 Å². The van der Waals surface area contributed by atoms with Crippen molar-refractivity contribution < 1.29 is 18.8 Å². The maximum absolute atomic E-state index is 12.8. The van der Waals surface area contributed by atoms with E-state index in [1.54, 1.807) is 13.8 Å². The van der Waals surface area contributed by atoms with E-state index in [1.165, 1.54) is 17.0 Å². The SMILES string of the molecule is CCN(C(=O)O)[C@@H](C)Cc1noc(-c2ccc(F)cn2)n1. The molecule has 8 heteroatoms. The molecule has 0 aliphatic heterocycles. The quantitative estimate of drug-likeness (QED) is 0.908. The van der Waals surface area contributed by atoms with Gasteiger partial charge in [0.15, 0.2) is 5.82 Å². The standard InChI is InChI=1S/C13H15FN4O3/c1-3-18(13(19)20)8(2)6-11-16-12(21-17-11)10-5-4-9(14)7-15-10/h4-5,7-8H,3,6H2,1-2H3,(H,19,20)/t8-/m0/s1. The summed E-state index contributed by atoms with van der Waals surface area (Å²) >= 11 is 0. The highest BCUT2D eigenvalue weighted by atomic mass is 19.1. The second-order valence-corrected chi connectivity index (χ2v) is 4.50. The Morgan fingerprint density at radius 2 is 2.29 bits per heavy atom.